The van der Waals surface area contributed by atoms with Crippen molar-refractivity contribution in [3.8, 4) is 17.2 Å². The highest BCUT2D eigenvalue weighted by molar-refractivity contribution is 6.00. The minimum atomic E-state index is -4.87. The van der Waals surface area contributed by atoms with E-state index in [1.165, 1.54) is 12.1 Å². The van der Waals surface area contributed by atoms with Gasteiger partial charge in [0.1, 0.15) is 23.1 Å². The second kappa shape index (κ2) is 9.84. The van der Waals surface area contributed by atoms with Gasteiger partial charge in [0.25, 0.3) is 0 Å². The molecule has 0 radical (unpaired) electrons. The maximum Gasteiger partial charge on any atom is 0.422 e. The Bertz CT molecular complexity index is 1250. The van der Waals surface area contributed by atoms with Gasteiger partial charge in [-0.25, -0.2) is 9.78 Å². The molecule has 0 atom stereocenters. The molecule has 4 rings (SSSR count). The quantitative estimate of drug-likeness (QED) is 0.331. The van der Waals surface area contributed by atoms with Crippen molar-refractivity contribution in [2.45, 2.75) is 18.8 Å². The third kappa shape index (κ3) is 6.49. The number of alkyl halides is 6. The molecule has 0 saturated heterocycles. The van der Waals surface area contributed by atoms with E-state index >= 15 is 0 Å². The number of carbonyl (C=O) groups is 1. The summed E-state index contributed by atoms with van der Waals surface area (Å²) < 4.78 is 86.9. The number of benzene rings is 2. The number of halogens is 6. The molecule has 36 heavy (non-hydrogen) atoms. The Morgan fingerprint density at radius 2 is 1.67 bits per heavy atom. The van der Waals surface area contributed by atoms with Gasteiger partial charge in [0.15, 0.2) is 6.61 Å². The fraction of sp³-hybridized carbons (Fsp3) is 0.217. The number of carbonyl (C=O) groups excluding carboxylic acids is 1. The molecule has 0 bridgehead atoms. The van der Waals surface area contributed by atoms with Crippen molar-refractivity contribution in [3.63, 3.8) is 0 Å². The van der Waals surface area contributed by atoms with Gasteiger partial charge in [-0.2, -0.15) is 26.3 Å². The number of ether oxygens (including phenoxy) is 2. The van der Waals surface area contributed by atoms with E-state index in [0.29, 0.717) is 29.3 Å². The van der Waals surface area contributed by atoms with E-state index in [9.17, 15) is 31.1 Å². The summed E-state index contributed by atoms with van der Waals surface area (Å²) in [5.41, 5.74) is -0.447. The molecule has 0 unspecified atom stereocenters. The van der Waals surface area contributed by atoms with E-state index in [-0.39, 0.29) is 0 Å². The Hall–Kier alpha value is -4.16. The van der Waals surface area contributed by atoms with Crippen molar-refractivity contribution in [1.82, 2.24) is 4.98 Å². The van der Waals surface area contributed by atoms with Gasteiger partial charge in [0.2, 0.25) is 0 Å². The summed E-state index contributed by atoms with van der Waals surface area (Å²) in [6.45, 7) is -1.03. The first-order chi connectivity index (χ1) is 17.0. The number of fused-ring (bicyclic) bond motifs is 1. The number of pyridine rings is 1. The number of hydrogen-bond acceptors (Lipinski definition) is 5. The molecule has 190 valence electrons. The second-order valence-corrected chi connectivity index (χ2v) is 7.67. The normalized spacial score (nSPS) is 12.9. The molecule has 0 saturated carbocycles. The highest BCUT2D eigenvalue weighted by atomic mass is 19.4. The summed E-state index contributed by atoms with van der Waals surface area (Å²) in [6, 6.07) is 8.86. The standard InChI is InChI=1S/C23H18F6N4O3/c24-22(25,26)12-35-17-10-13(23(27,28)29)9-15(11-17)33-21(34)32-14-1-3-16(4-2-14)36-19-6-8-31-20-18(19)5-7-30-20/h1-4,6,8-11H,5,7,12H2,(H,30,31)(H2,32,33,34). The molecular formula is C23H18F6N4O3. The Kier molecular flexibility index (Phi) is 6.82. The molecule has 0 spiro atoms. The zero-order valence-electron chi connectivity index (χ0n) is 18.3. The van der Waals surface area contributed by atoms with Gasteiger partial charge in [-0.1, -0.05) is 0 Å². The lowest BCUT2D eigenvalue weighted by Crippen LogP contribution is -2.21. The lowest BCUT2D eigenvalue weighted by atomic mass is 10.2. The van der Waals surface area contributed by atoms with Gasteiger partial charge >= 0.3 is 18.4 Å². The number of anilines is 3. The number of rotatable bonds is 6. The van der Waals surface area contributed by atoms with E-state index in [0.717, 1.165) is 30.4 Å². The van der Waals surface area contributed by atoms with Gasteiger partial charge < -0.3 is 25.4 Å². The first kappa shape index (κ1) is 24.9. The molecule has 3 aromatic rings. The van der Waals surface area contributed by atoms with Crippen LogP contribution in [0.15, 0.2) is 54.7 Å². The smallest absolute Gasteiger partial charge is 0.422 e. The Balaban J connectivity index is 1.41. The van der Waals surface area contributed by atoms with Crippen LogP contribution >= 0.6 is 0 Å². The van der Waals surface area contributed by atoms with Crippen LogP contribution in [0.2, 0.25) is 0 Å². The van der Waals surface area contributed by atoms with Crippen LogP contribution in [0, 0.1) is 0 Å². The molecule has 7 nitrogen and oxygen atoms in total. The summed E-state index contributed by atoms with van der Waals surface area (Å²) in [6.07, 6.45) is -7.24. The van der Waals surface area contributed by atoms with Crippen molar-refractivity contribution in [3.05, 3.63) is 65.9 Å². The average molecular weight is 512 g/mol. The third-order valence-electron chi connectivity index (χ3n) is 4.91. The predicted molar refractivity (Wildman–Crippen MR) is 119 cm³/mol. The lowest BCUT2D eigenvalue weighted by molar-refractivity contribution is -0.153. The number of urea groups is 1. The Morgan fingerprint density at radius 3 is 2.36 bits per heavy atom. The van der Waals surface area contributed by atoms with E-state index < -0.39 is 42.0 Å². The molecule has 2 aromatic carbocycles. The first-order valence-electron chi connectivity index (χ1n) is 10.5. The zero-order valence-corrected chi connectivity index (χ0v) is 18.3. The van der Waals surface area contributed by atoms with Crippen LogP contribution in [0.5, 0.6) is 17.2 Å². The van der Waals surface area contributed by atoms with Gasteiger partial charge in [0.05, 0.1) is 5.56 Å². The van der Waals surface area contributed by atoms with Crippen LogP contribution < -0.4 is 25.4 Å². The molecule has 1 aromatic heterocycles. The van der Waals surface area contributed by atoms with E-state index in [4.69, 9.17) is 4.74 Å². The average Bonchev–Trinajstić information content (AvgIpc) is 3.28. The number of nitrogens with one attached hydrogen (secondary N) is 3. The van der Waals surface area contributed by atoms with Crippen molar-refractivity contribution in [2.24, 2.45) is 0 Å². The number of nitrogens with zero attached hydrogens (tertiary/aromatic N) is 1. The van der Waals surface area contributed by atoms with E-state index in [2.05, 4.69) is 25.7 Å². The Morgan fingerprint density at radius 1 is 0.944 bits per heavy atom. The van der Waals surface area contributed by atoms with Gasteiger partial charge in [-0.15, -0.1) is 0 Å². The van der Waals surface area contributed by atoms with Crippen LogP contribution in [-0.4, -0.2) is 30.3 Å². The Labute approximate surface area is 200 Å². The SMILES string of the molecule is O=C(Nc1ccc(Oc2ccnc3c2CCN3)cc1)Nc1cc(OCC(F)(F)F)cc(C(F)(F)F)c1. The lowest BCUT2D eigenvalue weighted by Gasteiger charge is -2.15. The fourth-order valence-electron chi connectivity index (χ4n) is 3.38. The van der Waals surface area contributed by atoms with E-state index in [1.807, 2.05) is 0 Å². The minimum absolute atomic E-state index is 0.294. The summed E-state index contributed by atoms with van der Waals surface area (Å²) >= 11 is 0. The molecule has 1 aliphatic rings. The van der Waals surface area contributed by atoms with Crippen LogP contribution in [0.4, 0.5) is 48.3 Å². The predicted octanol–water partition coefficient (Wildman–Crippen LogP) is 6.45. The molecule has 3 N–H and O–H groups in total. The van der Waals surface area contributed by atoms with Gasteiger partial charge in [-0.05, 0) is 48.9 Å². The van der Waals surface area contributed by atoms with Crippen molar-refractivity contribution < 1.29 is 40.6 Å². The van der Waals surface area contributed by atoms with Crippen molar-refractivity contribution >= 4 is 23.2 Å². The second-order valence-electron chi connectivity index (χ2n) is 7.67. The van der Waals surface area contributed by atoms with Crippen LogP contribution in [-0.2, 0) is 12.6 Å². The summed E-state index contributed by atoms with van der Waals surface area (Å²) in [5.74, 6) is 1.17. The van der Waals surface area contributed by atoms with Crippen LogP contribution in [0.3, 0.4) is 0 Å². The highest BCUT2D eigenvalue weighted by Gasteiger charge is 2.33. The van der Waals surface area contributed by atoms with Crippen LogP contribution in [0.1, 0.15) is 11.1 Å². The monoisotopic (exact) mass is 512 g/mol. The molecular weight excluding hydrogens is 494 g/mol. The summed E-state index contributed by atoms with van der Waals surface area (Å²) in [7, 11) is 0. The van der Waals surface area contributed by atoms with Crippen molar-refractivity contribution in [1.29, 1.82) is 0 Å². The van der Waals surface area contributed by atoms with Crippen LogP contribution in [0.25, 0.3) is 0 Å². The summed E-state index contributed by atoms with van der Waals surface area (Å²) in [5, 5.41) is 7.74. The number of aromatic nitrogens is 1. The largest absolute Gasteiger partial charge is 0.484 e. The molecule has 0 fully saturated rings. The van der Waals surface area contributed by atoms with Gasteiger partial charge in [0, 0.05) is 35.7 Å². The molecule has 0 aliphatic carbocycles. The molecule has 2 amide bonds. The first-order valence-corrected chi connectivity index (χ1v) is 10.5. The molecule has 2 heterocycles. The topological polar surface area (TPSA) is 84.5 Å². The maximum atomic E-state index is 13.1. The number of amides is 2. The maximum absolute atomic E-state index is 13.1. The third-order valence-corrected chi connectivity index (χ3v) is 4.91. The number of hydrogen-bond donors (Lipinski definition) is 3. The van der Waals surface area contributed by atoms with Crippen molar-refractivity contribution in [2.75, 3.05) is 29.1 Å². The molecule has 13 heteroatoms. The fourth-order valence-corrected chi connectivity index (χ4v) is 3.38. The van der Waals surface area contributed by atoms with Gasteiger partial charge in [-0.3, -0.25) is 0 Å². The zero-order chi connectivity index (χ0) is 25.9. The van der Waals surface area contributed by atoms with E-state index in [1.54, 1.807) is 24.4 Å². The minimum Gasteiger partial charge on any atom is -0.484 e. The summed E-state index contributed by atoms with van der Waals surface area (Å²) in [4.78, 5) is 16.5. The molecule has 1 aliphatic heterocycles. The highest BCUT2D eigenvalue weighted by Crippen LogP contribution is 2.35.